The van der Waals surface area contributed by atoms with Crippen LogP contribution in [0.3, 0.4) is 0 Å². The van der Waals surface area contributed by atoms with Crippen LogP contribution < -0.4 is 0 Å². The van der Waals surface area contributed by atoms with Gasteiger partial charge in [0.1, 0.15) is 0 Å². The molecule has 1 aliphatic rings. The molecule has 0 aliphatic carbocycles. The molecule has 0 aromatic rings. The fourth-order valence-electron chi connectivity index (χ4n) is 4.28. The Morgan fingerprint density at radius 2 is 1.33 bits per heavy atom. The second kappa shape index (κ2) is 13.7. The summed E-state index contributed by atoms with van der Waals surface area (Å²) < 4.78 is 12.0. The molecule has 1 saturated heterocycles. The van der Waals surface area contributed by atoms with Gasteiger partial charge in [0.15, 0.2) is 0 Å². The number of hydrogen-bond donors (Lipinski definition) is 0. The summed E-state index contributed by atoms with van der Waals surface area (Å²) in [6.45, 7) is 10.9. The molecule has 0 amide bonds. The van der Waals surface area contributed by atoms with E-state index in [1.54, 1.807) is 13.3 Å². The van der Waals surface area contributed by atoms with Crippen LogP contribution in [0.5, 0.6) is 0 Å². The summed E-state index contributed by atoms with van der Waals surface area (Å²) in [4.78, 5) is 0. The van der Waals surface area contributed by atoms with Crippen LogP contribution in [-0.4, -0.2) is 28.6 Å². The molecule has 1 aliphatic heterocycles. The molecule has 0 saturated carbocycles. The molecule has 142 valence electrons. The Morgan fingerprint density at radius 3 is 1.83 bits per heavy atom. The van der Waals surface area contributed by atoms with Gasteiger partial charge in [-0.25, -0.2) is 0 Å². The van der Waals surface area contributed by atoms with Crippen molar-refractivity contribution in [3.63, 3.8) is 0 Å². The first kappa shape index (κ1) is 22.5. The fraction of sp³-hybridized carbons (Fsp3) is 0.909. The van der Waals surface area contributed by atoms with Crippen molar-refractivity contribution in [3.05, 3.63) is 12.7 Å². The number of epoxide rings is 1. The molecule has 1 heterocycles. The molecule has 0 N–H and O–H groups in total. The van der Waals surface area contributed by atoms with Gasteiger partial charge in [0.2, 0.25) is 0 Å². The Morgan fingerprint density at radius 1 is 0.792 bits per heavy atom. The molecule has 1 fully saturated rings. The Kier molecular flexibility index (Phi) is 12.8. The monoisotopic (exact) mass is 444 g/mol. The Hall–Kier alpha value is 0.499. The molecular formula is C22H44OSn. The van der Waals surface area contributed by atoms with Crippen molar-refractivity contribution in [2.24, 2.45) is 0 Å². The topological polar surface area (TPSA) is 12.5 Å². The Labute approximate surface area is 156 Å². The Balaban J connectivity index is 2.45. The van der Waals surface area contributed by atoms with Gasteiger partial charge in [0, 0.05) is 0 Å². The third kappa shape index (κ3) is 8.25. The standard InChI is InChI=1S/C10H17O.3C4H9.Sn/c1-2-3-4-5-6-7-8-10-9-11-10;3*1-3-4-2;/h2,9-10H,1,3-8H2;3*1,3-4H2,2H3;/t10-;;;;/m0..../s1. The van der Waals surface area contributed by atoms with Crippen molar-refractivity contribution in [3.8, 4) is 0 Å². The molecule has 0 radical (unpaired) electrons. The summed E-state index contributed by atoms with van der Waals surface area (Å²) in [7, 11) is 0. The van der Waals surface area contributed by atoms with Crippen LogP contribution in [0, 0.1) is 0 Å². The van der Waals surface area contributed by atoms with E-state index in [1.807, 2.05) is 0 Å². The van der Waals surface area contributed by atoms with Crippen molar-refractivity contribution >= 4 is 18.4 Å². The predicted octanol–water partition coefficient (Wildman–Crippen LogP) is 7.67. The van der Waals surface area contributed by atoms with Gasteiger partial charge in [0.05, 0.1) is 0 Å². The molecule has 0 aromatic heterocycles. The molecule has 2 heteroatoms. The van der Waals surface area contributed by atoms with E-state index >= 15 is 0 Å². The fourth-order valence-corrected chi connectivity index (χ4v) is 22.0. The first-order chi connectivity index (χ1) is 11.7. The quantitative estimate of drug-likeness (QED) is 0.0973. The summed E-state index contributed by atoms with van der Waals surface area (Å²) in [6, 6.07) is 0. The molecule has 24 heavy (non-hydrogen) atoms. The summed E-state index contributed by atoms with van der Waals surface area (Å²) >= 11 is -2.07. The second-order valence-corrected chi connectivity index (χ2v) is 21.7. The van der Waals surface area contributed by atoms with E-state index in [4.69, 9.17) is 4.74 Å². The number of unbranched alkanes of at least 4 members (excludes halogenated alkanes) is 7. The van der Waals surface area contributed by atoms with Gasteiger partial charge in [-0.3, -0.25) is 0 Å². The van der Waals surface area contributed by atoms with Crippen LogP contribution in [0.4, 0.5) is 0 Å². The summed E-state index contributed by atoms with van der Waals surface area (Å²) in [5.41, 5.74) is 0. The van der Waals surface area contributed by atoms with Crippen molar-refractivity contribution in [2.45, 2.75) is 121 Å². The van der Waals surface area contributed by atoms with E-state index in [0.717, 1.165) is 4.12 Å². The van der Waals surface area contributed by atoms with Crippen LogP contribution in [0.1, 0.15) is 97.8 Å². The first-order valence-corrected chi connectivity index (χ1v) is 18.7. The molecule has 1 rings (SSSR count). The zero-order chi connectivity index (χ0) is 17.7. The van der Waals surface area contributed by atoms with Crippen LogP contribution in [0.2, 0.25) is 13.3 Å². The molecule has 0 unspecified atom stereocenters. The zero-order valence-electron chi connectivity index (χ0n) is 17.0. The molecular weight excluding hydrogens is 399 g/mol. The zero-order valence-corrected chi connectivity index (χ0v) is 19.8. The summed E-state index contributed by atoms with van der Waals surface area (Å²) in [5.74, 6) is 0. The van der Waals surface area contributed by atoms with Crippen LogP contribution in [0.25, 0.3) is 0 Å². The summed E-state index contributed by atoms with van der Waals surface area (Å²) in [5, 5.41) is 0. The number of ether oxygens (including phenoxy) is 1. The maximum atomic E-state index is 6.38. The third-order valence-electron chi connectivity index (χ3n) is 5.92. The first-order valence-electron chi connectivity index (χ1n) is 11.0. The average Bonchev–Trinajstić information content (AvgIpc) is 3.38. The molecule has 0 bridgehead atoms. The third-order valence-corrected chi connectivity index (χ3v) is 22.4. The molecule has 1 nitrogen and oxygen atoms in total. The predicted molar refractivity (Wildman–Crippen MR) is 111 cm³/mol. The second-order valence-electron chi connectivity index (χ2n) is 8.05. The van der Waals surface area contributed by atoms with Gasteiger partial charge >= 0.3 is 157 Å². The van der Waals surface area contributed by atoms with Crippen molar-refractivity contribution in [1.29, 1.82) is 0 Å². The van der Waals surface area contributed by atoms with Crippen molar-refractivity contribution in [2.75, 3.05) is 0 Å². The van der Waals surface area contributed by atoms with E-state index in [2.05, 4.69) is 33.4 Å². The van der Waals surface area contributed by atoms with Crippen LogP contribution in [-0.2, 0) is 4.74 Å². The van der Waals surface area contributed by atoms with Gasteiger partial charge in [-0.05, 0) is 0 Å². The van der Waals surface area contributed by atoms with Gasteiger partial charge in [-0.15, -0.1) is 0 Å². The van der Waals surface area contributed by atoms with Gasteiger partial charge in [-0.1, -0.05) is 0 Å². The normalized spacial score (nSPS) is 20.3. The SMILES string of the molecule is C=CCCCCCC[C@@H]1O[C@H]1[Sn]([CH2]CCC)([CH2]CCC)[CH2]CCC. The van der Waals surface area contributed by atoms with Crippen molar-refractivity contribution < 1.29 is 4.74 Å². The van der Waals surface area contributed by atoms with E-state index in [9.17, 15) is 0 Å². The molecule has 0 aromatic carbocycles. The van der Waals surface area contributed by atoms with E-state index in [0.29, 0.717) is 6.10 Å². The van der Waals surface area contributed by atoms with E-state index in [1.165, 1.54) is 77.0 Å². The summed E-state index contributed by atoms with van der Waals surface area (Å²) in [6.07, 6.45) is 19.3. The maximum absolute atomic E-state index is 6.38. The van der Waals surface area contributed by atoms with Crippen LogP contribution >= 0.6 is 0 Å². The van der Waals surface area contributed by atoms with Gasteiger partial charge in [0.25, 0.3) is 0 Å². The Bertz CT molecular complexity index is 293. The number of allylic oxidation sites excluding steroid dienone is 1. The molecule has 0 spiro atoms. The van der Waals surface area contributed by atoms with Crippen molar-refractivity contribution in [1.82, 2.24) is 0 Å². The number of rotatable bonds is 17. The van der Waals surface area contributed by atoms with Gasteiger partial charge < -0.3 is 0 Å². The molecule has 2 atom stereocenters. The number of hydrogen-bond acceptors (Lipinski definition) is 1. The average molecular weight is 443 g/mol. The van der Waals surface area contributed by atoms with Crippen LogP contribution in [0.15, 0.2) is 12.7 Å². The van der Waals surface area contributed by atoms with E-state index < -0.39 is 18.4 Å². The minimum atomic E-state index is -2.07. The van der Waals surface area contributed by atoms with E-state index in [-0.39, 0.29) is 0 Å². The minimum absolute atomic E-state index is 0.672. The van der Waals surface area contributed by atoms with Gasteiger partial charge in [-0.2, -0.15) is 0 Å².